The Morgan fingerprint density at radius 1 is 1.33 bits per heavy atom. The number of hydrogen-bond acceptors (Lipinski definition) is 3. The van der Waals surface area contributed by atoms with E-state index in [-0.39, 0.29) is 0 Å². The number of nitrogens with zero attached hydrogens (tertiary/aromatic N) is 2. The monoisotopic (exact) mass is 204 g/mol. The topological polar surface area (TPSA) is 46.0 Å². The van der Waals surface area contributed by atoms with Gasteiger partial charge in [-0.2, -0.15) is 0 Å². The number of aliphatic hydroxyl groups is 1. The second-order valence-electron chi connectivity index (χ2n) is 3.03. The van der Waals surface area contributed by atoms with Crippen LogP contribution in [0.2, 0.25) is 0 Å². The van der Waals surface area contributed by atoms with Gasteiger partial charge in [-0.15, -0.1) is 0 Å². The molecule has 0 radical (unpaired) electrons. The SMILES string of the molecule is OC/C(F)=C/c1cnc2ccccc2n1. The fourth-order valence-corrected chi connectivity index (χ4v) is 1.25. The summed E-state index contributed by atoms with van der Waals surface area (Å²) in [6.45, 7) is -0.617. The molecule has 0 unspecified atom stereocenters. The van der Waals surface area contributed by atoms with Gasteiger partial charge in [-0.05, 0) is 18.2 Å². The van der Waals surface area contributed by atoms with Gasteiger partial charge in [0.2, 0.25) is 0 Å². The molecule has 1 aromatic heterocycles. The smallest absolute Gasteiger partial charge is 0.127 e. The van der Waals surface area contributed by atoms with E-state index >= 15 is 0 Å². The van der Waals surface area contributed by atoms with Crippen molar-refractivity contribution in [1.29, 1.82) is 0 Å². The molecule has 1 N–H and O–H groups in total. The van der Waals surface area contributed by atoms with Gasteiger partial charge in [0.1, 0.15) is 5.83 Å². The van der Waals surface area contributed by atoms with E-state index in [9.17, 15) is 4.39 Å². The fourth-order valence-electron chi connectivity index (χ4n) is 1.25. The molecule has 0 bridgehead atoms. The average Bonchev–Trinajstić information content (AvgIpc) is 2.29. The number of rotatable bonds is 2. The van der Waals surface area contributed by atoms with E-state index in [4.69, 9.17) is 5.11 Å². The Morgan fingerprint density at radius 2 is 2.07 bits per heavy atom. The van der Waals surface area contributed by atoms with Gasteiger partial charge in [-0.3, -0.25) is 4.98 Å². The molecule has 0 aliphatic rings. The van der Waals surface area contributed by atoms with E-state index in [1.165, 1.54) is 12.3 Å². The van der Waals surface area contributed by atoms with Crippen molar-refractivity contribution in [2.75, 3.05) is 6.61 Å². The van der Waals surface area contributed by atoms with Crippen LogP contribution in [0, 0.1) is 0 Å². The van der Waals surface area contributed by atoms with Crippen molar-refractivity contribution in [3.8, 4) is 0 Å². The Labute approximate surface area is 85.9 Å². The Morgan fingerprint density at radius 3 is 2.80 bits per heavy atom. The summed E-state index contributed by atoms with van der Waals surface area (Å²) in [6.07, 6.45) is 2.64. The summed E-state index contributed by atoms with van der Waals surface area (Å²) in [4.78, 5) is 8.29. The number of para-hydroxylation sites is 2. The quantitative estimate of drug-likeness (QED) is 0.813. The third kappa shape index (κ3) is 2.16. The summed E-state index contributed by atoms with van der Waals surface area (Å²) in [5.41, 5.74) is 1.87. The van der Waals surface area contributed by atoms with E-state index in [1.807, 2.05) is 18.2 Å². The van der Waals surface area contributed by atoms with Gasteiger partial charge in [0.15, 0.2) is 0 Å². The molecule has 0 atom stereocenters. The van der Waals surface area contributed by atoms with Crippen molar-refractivity contribution in [3.63, 3.8) is 0 Å². The lowest BCUT2D eigenvalue weighted by Crippen LogP contribution is -1.89. The molecular formula is C11H9FN2O. The predicted molar refractivity (Wildman–Crippen MR) is 55.7 cm³/mol. The lowest BCUT2D eigenvalue weighted by atomic mass is 10.3. The number of fused-ring (bicyclic) bond motifs is 1. The summed E-state index contributed by atoms with van der Waals surface area (Å²) < 4.78 is 12.8. The summed E-state index contributed by atoms with van der Waals surface area (Å²) in [5, 5.41) is 8.52. The third-order valence-electron chi connectivity index (χ3n) is 1.92. The van der Waals surface area contributed by atoms with Crippen LogP contribution >= 0.6 is 0 Å². The van der Waals surface area contributed by atoms with Crippen molar-refractivity contribution in [1.82, 2.24) is 9.97 Å². The molecule has 0 saturated heterocycles. The second-order valence-corrected chi connectivity index (χ2v) is 3.03. The maximum Gasteiger partial charge on any atom is 0.127 e. The molecule has 4 heteroatoms. The summed E-state index contributed by atoms with van der Waals surface area (Å²) >= 11 is 0. The lowest BCUT2D eigenvalue weighted by Gasteiger charge is -1.97. The molecule has 1 aromatic carbocycles. The van der Waals surface area contributed by atoms with Crippen molar-refractivity contribution < 1.29 is 9.50 Å². The number of aromatic nitrogens is 2. The lowest BCUT2D eigenvalue weighted by molar-refractivity contribution is 0.300. The van der Waals surface area contributed by atoms with Crippen molar-refractivity contribution >= 4 is 17.1 Å². The zero-order chi connectivity index (χ0) is 10.7. The highest BCUT2D eigenvalue weighted by atomic mass is 19.1. The van der Waals surface area contributed by atoms with E-state index in [0.717, 1.165) is 5.52 Å². The van der Waals surface area contributed by atoms with Gasteiger partial charge in [0, 0.05) is 0 Å². The van der Waals surface area contributed by atoms with Crippen LogP contribution < -0.4 is 0 Å². The van der Waals surface area contributed by atoms with E-state index in [2.05, 4.69) is 9.97 Å². The molecular weight excluding hydrogens is 195 g/mol. The van der Waals surface area contributed by atoms with Gasteiger partial charge in [0.25, 0.3) is 0 Å². The van der Waals surface area contributed by atoms with Crippen molar-refractivity contribution in [2.24, 2.45) is 0 Å². The van der Waals surface area contributed by atoms with Gasteiger partial charge in [-0.25, -0.2) is 9.37 Å². The van der Waals surface area contributed by atoms with E-state index in [0.29, 0.717) is 11.2 Å². The van der Waals surface area contributed by atoms with Crippen LogP contribution in [0.1, 0.15) is 5.69 Å². The molecule has 76 valence electrons. The Balaban J connectivity index is 2.47. The van der Waals surface area contributed by atoms with Gasteiger partial charge < -0.3 is 5.11 Å². The third-order valence-corrected chi connectivity index (χ3v) is 1.92. The minimum Gasteiger partial charge on any atom is -0.389 e. The molecule has 15 heavy (non-hydrogen) atoms. The minimum atomic E-state index is -0.625. The fraction of sp³-hybridized carbons (Fsp3) is 0.0909. The number of hydrogen-bond donors (Lipinski definition) is 1. The first-order valence-electron chi connectivity index (χ1n) is 4.48. The predicted octanol–water partition coefficient (Wildman–Crippen LogP) is 1.93. The molecule has 0 amide bonds. The Kier molecular flexibility index (Phi) is 2.69. The largest absolute Gasteiger partial charge is 0.389 e. The Hall–Kier alpha value is -1.81. The molecule has 0 spiro atoms. The normalized spacial score (nSPS) is 12.0. The molecule has 0 fully saturated rings. The first-order valence-corrected chi connectivity index (χ1v) is 4.48. The maximum atomic E-state index is 12.8. The van der Waals surface area contributed by atoms with Crippen LogP contribution in [0.3, 0.4) is 0 Å². The van der Waals surface area contributed by atoms with Gasteiger partial charge >= 0.3 is 0 Å². The van der Waals surface area contributed by atoms with Crippen LogP contribution in [0.5, 0.6) is 0 Å². The average molecular weight is 204 g/mol. The number of benzene rings is 1. The van der Waals surface area contributed by atoms with Crippen LogP contribution in [0.15, 0.2) is 36.3 Å². The zero-order valence-corrected chi connectivity index (χ0v) is 7.89. The van der Waals surface area contributed by atoms with Crippen LogP contribution in [-0.2, 0) is 0 Å². The van der Waals surface area contributed by atoms with Gasteiger partial charge in [0.05, 0.1) is 29.5 Å². The Bertz CT molecular complexity index is 511. The molecule has 2 rings (SSSR count). The van der Waals surface area contributed by atoms with E-state index < -0.39 is 12.4 Å². The van der Waals surface area contributed by atoms with Crippen LogP contribution in [0.4, 0.5) is 4.39 Å². The first-order chi connectivity index (χ1) is 7.29. The molecule has 2 aromatic rings. The summed E-state index contributed by atoms with van der Waals surface area (Å²) in [7, 11) is 0. The highest BCUT2D eigenvalue weighted by Crippen LogP contribution is 2.10. The molecule has 0 saturated carbocycles. The molecule has 0 aliphatic heterocycles. The molecule has 0 aliphatic carbocycles. The second kappa shape index (κ2) is 4.14. The first kappa shape index (κ1) is 9.73. The maximum absolute atomic E-state index is 12.8. The molecule has 3 nitrogen and oxygen atoms in total. The van der Waals surface area contributed by atoms with Crippen LogP contribution in [0.25, 0.3) is 17.1 Å². The van der Waals surface area contributed by atoms with Crippen LogP contribution in [-0.4, -0.2) is 21.7 Å². The van der Waals surface area contributed by atoms with Gasteiger partial charge in [-0.1, -0.05) is 12.1 Å². The molecule has 1 heterocycles. The minimum absolute atomic E-state index is 0.403. The highest BCUT2D eigenvalue weighted by molar-refractivity contribution is 5.74. The van der Waals surface area contributed by atoms with Crippen molar-refractivity contribution in [3.05, 3.63) is 42.0 Å². The summed E-state index contributed by atoms with van der Waals surface area (Å²) in [6, 6.07) is 7.34. The highest BCUT2D eigenvalue weighted by Gasteiger charge is 1.98. The number of halogens is 1. The van der Waals surface area contributed by atoms with E-state index in [1.54, 1.807) is 6.07 Å². The zero-order valence-electron chi connectivity index (χ0n) is 7.89. The number of aliphatic hydroxyl groups excluding tert-OH is 1. The summed E-state index contributed by atoms with van der Waals surface area (Å²) in [5.74, 6) is -0.625. The standard InChI is InChI=1S/C11H9FN2O/c12-8(7-15)5-9-6-13-10-3-1-2-4-11(10)14-9/h1-6,15H,7H2/b8-5-. The van der Waals surface area contributed by atoms with Crippen molar-refractivity contribution in [2.45, 2.75) is 0 Å².